The quantitative estimate of drug-likeness (QED) is 0.470. The first-order valence-electron chi connectivity index (χ1n) is 10.6. The molecule has 0 radical (unpaired) electrons. The molecule has 0 bridgehead atoms. The van der Waals surface area contributed by atoms with Gasteiger partial charge in [-0.25, -0.2) is 19.3 Å². The molecule has 32 heavy (non-hydrogen) atoms. The van der Waals surface area contributed by atoms with Crippen LogP contribution < -0.4 is 9.64 Å². The molecule has 0 unspecified atom stereocenters. The molecular weight excluding hydrogens is 409 g/mol. The van der Waals surface area contributed by atoms with E-state index in [2.05, 4.69) is 19.8 Å². The van der Waals surface area contributed by atoms with E-state index in [1.165, 1.54) is 13.2 Å². The zero-order valence-corrected chi connectivity index (χ0v) is 18.1. The van der Waals surface area contributed by atoms with Crippen LogP contribution in [0.15, 0.2) is 53.1 Å². The number of halogens is 1. The SMILES string of the molecule is COc1ccc(-c2nc(CN3CCN(c4ncc5ccccc5n4)CC3)c(C)o2)c(F)c1. The smallest absolute Gasteiger partial charge is 0.229 e. The van der Waals surface area contributed by atoms with Crippen molar-refractivity contribution in [1.82, 2.24) is 19.9 Å². The van der Waals surface area contributed by atoms with Gasteiger partial charge in [0.25, 0.3) is 0 Å². The van der Waals surface area contributed by atoms with Crippen LogP contribution in [0, 0.1) is 12.7 Å². The van der Waals surface area contributed by atoms with Crippen molar-refractivity contribution < 1.29 is 13.5 Å². The normalized spacial score (nSPS) is 14.8. The highest BCUT2D eigenvalue weighted by atomic mass is 19.1. The van der Waals surface area contributed by atoms with Crippen LogP contribution in [0.4, 0.5) is 10.3 Å². The molecule has 0 aliphatic carbocycles. The maximum atomic E-state index is 14.4. The van der Waals surface area contributed by atoms with E-state index < -0.39 is 5.82 Å². The monoisotopic (exact) mass is 433 g/mol. The van der Waals surface area contributed by atoms with Gasteiger partial charge in [0.1, 0.15) is 17.3 Å². The Morgan fingerprint density at radius 1 is 1.06 bits per heavy atom. The molecule has 1 aliphatic rings. The number of benzene rings is 2. The number of oxazole rings is 1. The van der Waals surface area contributed by atoms with Crippen molar-refractivity contribution in [2.24, 2.45) is 0 Å². The number of anilines is 1. The summed E-state index contributed by atoms with van der Waals surface area (Å²) < 4.78 is 25.3. The van der Waals surface area contributed by atoms with Crippen LogP contribution in [-0.4, -0.2) is 53.1 Å². The number of piperazine rings is 1. The largest absolute Gasteiger partial charge is 0.497 e. The summed E-state index contributed by atoms with van der Waals surface area (Å²) in [6.07, 6.45) is 1.88. The van der Waals surface area contributed by atoms with Crippen molar-refractivity contribution in [1.29, 1.82) is 0 Å². The molecule has 1 saturated heterocycles. The summed E-state index contributed by atoms with van der Waals surface area (Å²) in [5.74, 6) is 1.80. The summed E-state index contributed by atoms with van der Waals surface area (Å²) in [5, 5.41) is 1.04. The number of fused-ring (bicyclic) bond motifs is 1. The van der Waals surface area contributed by atoms with Gasteiger partial charge in [-0.05, 0) is 25.1 Å². The maximum Gasteiger partial charge on any atom is 0.229 e. The number of hydrogen-bond donors (Lipinski definition) is 0. The number of hydrogen-bond acceptors (Lipinski definition) is 7. The summed E-state index contributed by atoms with van der Waals surface area (Å²) in [7, 11) is 1.51. The number of para-hydroxylation sites is 1. The fourth-order valence-electron chi connectivity index (χ4n) is 3.92. The van der Waals surface area contributed by atoms with E-state index in [4.69, 9.17) is 14.1 Å². The van der Waals surface area contributed by atoms with Gasteiger partial charge < -0.3 is 14.1 Å². The molecule has 1 aliphatic heterocycles. The molecule has 5 rings (SSSR count). The van der Waals surface area contributed by atoms with Crippen LogP contribution in [0.1, 0.15) is 11.5 Å². The van der Waals surface area contributed by atoms with Gasteiger partial charge in [0.2, 0.25) is 11.8 Å². The molecule has 8 heteroatoms. The number of aryl methyl sites for hydroxylation is 1. The molecule has 1 fully saturated rings. The molecule has 0 N–H and O–H groups in total. The third-order valence-electron chi connectivity index (χ3n) is 5.80. The van der Waals surface area contributed by atoms with Crippen molar-refractivity contribution in [3.63, 3.8) is 0 Å². The van der Waals surface area contributed by atoms with E-state index in [9.17, 15) is 4.39 Å². The lowest BCUT2D eigenvalue weighted by atomic mass is 10.2. The van der Waals surface area contributed by atoms with Gasteiger partial charge in [-0.1, -0.05) is 18.2 Å². The van der Waals surface area contributed by atoms with Crippen LogP contribution in [0.25, 0.3) is 22.4 Å². The lowest BCUT2D eigenvalue weighted by molar-refractivity contribution is 0.245. The van der Waals surface area contributed by atoms with E-state index >= 15 is 0 Å². The third-order valence-corrected chi connectivity index (χ3v) is 5.80. The number of methoxy groups -OCH3 is 1. The molecule has 7 nitrogen and oxygen atoms in total. The van der Waals surface area contributed by atoms with Gasteiger partial charge in [0, 0.05) is 50.4 Å². The average molecular weight is 433 g/mol. The van der Waals surface area contributed by atoms with E-state index in [1.807, 2.05) is 37.4 Å². The van der Waals surface area contributed by atoms with E-state index in [0.717, 1.165) is 48.7 Å². The van der Waals surface area contributed by atoms with E-state index in [1.54, 1.807) is 12.1 Å². The second-order valence-corrected chi connectivity index (χ2v) is 7.86. The molecule has 164 valence electrons. The van der Waals surface area contributed by atoms with Crippen molar-refractivity contribution in [3.05, 3.63) is 65.9 Å². The molecule has 0 spiro atoms. The minimum absolute atomic E-state index is 0.292. The molecule has 4 aromatic rings. The number of rotatable bonds is 5. The fraction of sp³-hybridized carbons (Fsp3) is 0.292. The van der Waals surface area contributed by atoms with Crippen molar-refractivity contribution in [2.45, 2.75) is 13.5 Å². The lowest BCUT2D eigenvalue weighted by Crippen LogP contribution is -2.46. The van der Waals surface area contributed by atoms with Crippen LogP contribution in [0.5, 0.6) is 5.75 Å². The lowest BCUT2D eigenvalue weighted by Gasteiger charge is -2.34. The van der Waals surface area contributed by atoms with Crippen LogP contribution in [-0.2, 0) is 6.54 Å². The Balaban J connectivity index is 1.25. The minimum Gasteiger partial charge on any atom is -0.497 e. The highest BCUT2D eigenvalue weighted by molar-refractivity contribution is 5.78. The van der Waals surface area contributed by atoms with Crippen LogP contribution in [0.2, 0.25) is 0 Å². The van der Waals surface area contributed by atoms with E-state index in [0.29, 0.717) is 29.5 Å². The standard InChI is InChI=1S/C24H24FN5O2/c1-16-22(27-23(32-16)19-8-7-18(31-2)13-20(19)25)15-29-9-11-30(12-10-29)24-26-14-17-5-3-4-6-21(17)28-24/h3-8,13-14H,9-12,15H2,1-2H3. The first kappa shape index (κ1) is 20.4. The van der Waals surface area contributed by atoms with Crippen LogP contribution in [0.3, 0.4) is 0 Å². The Morgan fingerprint density at radius 2 is 1.88 bits per heavy atom. The Kier molecular flexibility index (Phi) is 5.45. The predicted molar refractivity (Wildman–Crippen MR) is 120 cm³/mol. The summed E-state index contributed by atoms with van der Waals surface area (Å²) >= 11 is 0. The zero-order chi connectivity index (χ0) is 22.1. The maximum absolute atomic E-state index is 14.4. The number of nitrogens with zero attached hydrogens (tertiary/aromatic N) is 5. The first-order valence-corrected chi connectivity index (χ1v) is 10.6. The molecule has 3 heterocycles. The second kappa shape index (κ2) is 8.55. The minimum atomic E-state index is -0.416. The van der Waals surface area contributed by atoms with E-state index in [-0.39, 0.29) is 0 Å². The van der Waals surface area contributed by atoms with Gasteiger partial charge in [0.15, 0.2) is 0 Å². The van der Waals surface area contributed by atoms with Crippen molar-refractivity contribution >= 4 is 16.9 Å². The second-order valence-electron chi connectivity index (χ2n) is 7.86. The highest BCUT2D eigenvalue weighted by Crippen LogP contribution is 2.28. The van der Waals surface area contributed by atoms with Gasteiger partial charge >= 0.3 is 0 Å². The van der Waals surface area contributed by atoms with Gasteiger partial charge in [-0.2, -0.15) is 0 Å². The molecule has 0 amide bonds. The average Bonchev–Trinajstić information content (AvgIpc) is 3.18. The summed E-state index contributed by atoms with van der Waals surface area (Å²) in [6.45, 7) is 5.89. The van der Waals surface area contributed by atoms with Gasteiger partial charge in [0.05, 0.1) is 23.9 Å². The van der Waals surface area contributed by atoms with Crippen molar-refractivity contribution in [3.8, 4) is 17.2 Å². The summed E-state index contributed by atoms with van der Waals surface area (Å²) in [5.41, 5.74) is 2.11. The Labute approximate surface area is 185 Å². The van der Waals surface area contributed by atoms with Crippen molar-refractivity contribution in [2.75, 3.05) is 38.2 Å². The molecule has 0 atom stereocenters. The molecular formula is C24H24FN5O2. The number of ether oxygens (including phenoxy) is 1. The third kappa shape index (κ3) is 4.01. The Hall–Kier alpha value is -3.52. The topological polar surface area (TPSA) is 67.5 Å². The fourth-order valence-corrected chi connectivity index (χ4v) is 3.92. The zero-order valence-electron chi connectivity index (χ0n) is 18.1. The number of aromatic nitrogens is 3. The Bertz CT molecular complexity index is 1250. The molecule has 0 saturated carbocycles. The Morgan fingerprint density at radius 3 is 2.66 bits per heavy atom. The predicted octanol–water partition coefficient (Wildman–Crippen LogP) is 4.06. The molecule has 2 aromatic carbocycles. The first-order chi connectivity index (χ1) is 15.6. The highest BCUT2D eigenvalue weighted by Gasteiger charge is 2.22. The summed E-state index contributed by atoms with van der Waals surface area (Å²) in [6, 6.07) is 12.7. The molecule has 2 aromatic heterocycles. The summed E-state index contributed by atoms with van der Waals surface area (Å²) in [4.78, 5) is 18.3. The van der Waals surface area contributed by atoms with Gasteiger partial charge in [-0.15, -0.1) is 0 Å². The van der Waals surface area contributed by atoms with Gasteiger partial charge in [-0.3, -0.25) is 4.90 Å². The van der Waals surface area contributed by atoms with Crippen LogP contribution >= 0.6 is 0 Å².